The molecule has 1 unspecified atom stereocenters. The highest BCUT2D eigenvalue weighted by atomic mass is 16.5. The van der Waals surface area contributed by atoms with Crippen molar-refractivity contribution in [2.24, 2.45) is 5.92 Å². The summed E-state index contributed by atoms with van der Waals surface area (Å²) >= 11 is 0. The van der Waals surface area contributed by atoms with E-state index in [0.29, 0.717) is 12.8 Å². The molecule has 0 amide bonds. The van der Waals surface area contributed by atoms with Gasteiger partial charge < -0.3 is 10.2 Å². The van der Waals surface area contributed by atoms with Gasteiger partial charge in [-0.15, -0.1) is 0 Å². The number of ketones is 1. The number of hydrogen-bond acceptors (Lipinski definition) is 3. The maximum Gasteiger partial charge on any atom is 0.259 e. The van der Waals surface area contributed by atoms with Gasteiger partial charge in [0.15, 0.2) is 5.78 Å². The van der Waals surface area contributed by atoms with E-state index in [0.717, 1.165) is 0 Å². The lowest BCUT2D eigenvalue weighted by Gasteiger charge is -2.24. The molecule has 80 valence electrons. The Bertz CT molecular complexity index is 501. The highest BCUT2D eigenvalue weighted by Gasteiger charge is 2.36. The third kappa shape index (κ3) is 1.92. The van der Waals surface area contributed by atoms with Gasteiger partial charge in [0, 0.05) is 0 Å². The maximum atomic E-state index is 11.9. The van der Waals surface area contributed by atoms with Gasteiger partial charge >= 0.3 is 0 Å². The van der Waals surface area contributed by atoms with Crippen molar-refractivity contribution in [3.05, 3.63) is 23.8 Å². The molecule has 3 heteroatoms. The van der Waals surface area contributed by atoms with Crippen LogP contribution in [0.5, 0.6) is 0 Å². The zero-order valence-corrected chi connectivity index (χ0v) is 8.53. The fourth-order valence-electron chi connectivity index (χ4n) is 1.71. The molecular weight excluding hydrogens is 204 g/mol. The number of aliphatic hydroxyl groups is 2. The van der Waals surface area contributed by atoms with Crippen LogP contribution in [0.15, 0.2) is 23.8 Å². The lowest BCUT2D eigenvalue weighted by atomic mass is 9.84. The van der Waals surface area contributed by atoms with Gasteiger partial charge in [-0.05, 0) is 30.9 Å². The van der Waals surface area contributed by atoms with Crippen molar-refractivity contribution in [3.63, 3.8) is 0 Å². The Morgan fingerprint density at radius 3 is 2.88 bits per heavy atom. The first-order valence-electron chi connectivity index (χ1n) is 4.99. The Morgan fingerprint density at radius 2 is 2.06 bits per heavy atom. The minimum atomic E-state index is -2.36. The number of Topliss-reactive ketones (excluding diaryl/α,β-unsaturated/α-hetero) is 1. The predicted octanol–water partition coefficient (Wildman–Crippen LogP) is 0.149. The second-order valence-corrected chi connectivity index (χ2v) is 3.68. The number of hydrogen-bond donors (Lipinski definition) is 2. The van der Waals surface area contributed by atoms with Crippen molar-refractivity contribution >= 4 is 5.78 Å². The topological polar surface area (TPSA) is 57.5 Å². The first-order chi connectivity index (χ1) is 7.61. The summed E-state index contributed by atoms with van der Waals surface area (Å²) in [5.41, 5.74) is -0.0548. The molecule has 0 radical (unpaired) electrons. The molecular formula is C13H10O3. The van der Waals surface area contributed by atoms with Crippen molar-refractivity contribution in [2.75, 3.05) is 0 Å². The summed E-state index contributed by atoms with van der Waals surface area (Å²) in [6.07, 6.45) is 5.68. The van der Waals surface area contributed by atoms with Gasteiger partial charge in [-0.2, -0.15) is 0 Å². The van der Waals surface area contributed by atoms with Gasteiger partial charge in [0.1, 0.15) is 0 Å². The number of rotatable bonds is 0. The molecule has 0 heterocycles. The molecule has 0 aromatic carbocycles. The van der Waals surface area contributed by atoms with Gasteiger partial charge in [0.25, 0.3) is 5.79 Å². The van der Waals surface area contributed by atoms with Crippen molar-refractivity contribution < 1.29 is 15.0 Å². The van der Waals surface area contributed by atoms with Crippen molar-refractivity contribution in [1.29, 1.82) is 0 Å². The van der Waals surface area contributed by atoms with Crippen molar-refractivity contribution in [3.8, 4) is 23.7 Å². The highest BCUT2D eigenvalue weighted by Crippen LogP contribution is 2.26. The van der Waals surface area contributed by atoms with E-state index >= 15 is 0 Å². The highest BCUT2D eigenvalue weighted by molar-refractivity contribution is 6.01. The van der Waals surface area contributed by atoms with Crippen molar-refractivity contribution in [1.82, 2.24) is 0 Å². The first-order valence-corrected chi connectivity index (χ1v) is 4.99. The van der Waals surface area contributed by atoms with E-state index in [2.05, 4.69) is 23.7 Å². The summed E-state index contributed by atoms with van der Waals surface area (Å²) in [5, 5.41) is 19.4. The summed E-state index contributed by atoms with van der Waals surface area (Å²) in [4.78, 5) is 11.9. The molecule has 1 atom stereocenters. The average molecular weight is 214 g/mol. The lowest BCUT2D eigenvalue weighted by Crippen LogP contribution is -2.37. The number of fused-ring (bicyclic) bond motifs is 2. The molecule has 0 aromatic rings. The van der Waals surface area contributed by atoms with E-state index in [1.807, 2.05) is 0 Å². The van der Waals surface area contributed by atoms with Crippen LogP contribution in [-0.2, 0) is 4.79 Å². The van der Waals surface area contributed by atoms with Gasteiger partial charge in [-0.1, -0.05) is 23.8 Å². The van der Waals surface area contributed by atoms with Crippen LogP contribution in [0.2, 0.25) is 0 Å². The molecule has 0 aromatic heterocycles. The van der Waals surface area contributed by atoms with Gasteiger partial charge in [-0.25, -0.2) is 0 Å². The van der Waals surface area contributed by atoms with E-state index in [1.165, 1.54) is 18.2 Å². The number of carbonyl (C=O) groups is 1. The normalized spacial score (nSPS) is 25.8. The minimum absolute atomic E-state index is 0.0548. The SMILES string of the molecule is O=C1C2=CCCC1C#CC=CC#CC2(O)O. The first kappa shape index (κ1) is 10.7. The zero-order chi connectivity index (χ0) is 11.6. The molecule has 2 rings (SSSR count). The van der Waals surface area contributed by atoms with Crippen molar-refractivity contribution in [2.45, 2.75) is 18.6 Å². The van der Waals surface area contributed by atoms with E-state index in [1.54, 1.807) is 0 Å². The molecule has 0 saturated heterocycles. The van der Waals surface area contributed by atoms with Crippen LogP contribution in [0.1, 0.15) is 12.8 Å². The largest absolute Gasteiger partial charge is 0.352 e. The summed E-state index contributed by atoms with van der Waals surface area (Å²) in [7, 11) is 0. The van der Waals surface area contributed by atoms with Crippen LogP contribution in [0.3, 0.4) is 0 Å². The van der Waals surface area contributed by atoms with Gasteiger partial charge in [0.05, 0.1) is 11.5 Å². The molecule has 3 nitrogen and oxygen atoms in total. The molecule has 2 aliphatic rings. The summed E-state index contributed by atoms with van der Waals surface area (Å²) < 4.78 is 0. The molecule has 2 bridgehead atoms. The van der Waals surface area contributed by atoms with Crippen LogP contribution in [0, 0.1) is 29.6 Å². The monoisotopic (exact) mass is 214 g/mol. The van der Waals surface area contributed by atoms with E-state index in [9.17, 15) is 15.0 Å². The molecule has 2 aliphatic carbocycles. The Balaban J connectivity index is 2.53. The fraction of sp³-hybridized carbons (Fsp3) is 0.308. The average Bonchev–Trinajstić information content (AvgIpc) is 2.23. The molecule has 0 aliphatic heterocycles. The van der Waals surface area contributed by atoms with E-state index in [4.69, 9.17) is 0 Å². The van der Waals surface area contributed by atoms with Gasteiger partial charge in [0.2, 0.25) is 0 Å². The third-order valence-corrected chi connectivity index (χ3v) is 2.52. The zero-order valence-electron chi connectivity index (χ0n) is 8.53. The molecule has 16 heavy (non-hydrogen) atoms. The van der Waals surface area contributed by atoms with Crippen LogP contribution in [0.4, 0.5) is 0 Å². The smallest absolute Gasteiger partial charge is 0.259 e. The van der Waals surface area contributed by atoms with Crippen LogP contribution < -0.4 is 0 Å². The van der Waals surface area contributed by atoms with Crippen LogP contribution in [-0.4, -0.2) is 21.8 Å². The summed E-state index contributed by atoms with van der Waals surface area (Å²) in [6, 6.07) is 0. The third-order valence-electron chi connectivity index (χ3n) is 2.52. The quantitative estimate of drug-likeness (QED) is 0.446. The Hall–Kier alpha value is -1.81. The molecule has 0 saturated carbocycles. The fourth-order valence-corrected chi connectivity index (χ4v) is 1.71. The number of carbonyl (C=O) groups excluding carboxylic acids is 1. The second kappa shape index (κ2) is 3.98. The minimum Gasteiger partial charge on any atom is -0.352 e. The van der Waals surface area contributed by atoms with Gasteiger partial charge in [-0.3, -0.25) is 4.79 Å². The lowest BCUT2D eigenvalue weighted by molar-refractivity contribution is -0.127. The van der Waals surface area contributed by atoms with E-state index < -0.39 is 11.7 Å². The van der Waals surface area contributed by atoms with Crippen LogP contribution in [0.25, 0.3) is 0 Å². The molecule has 0 spiro atoms. The Kier molecular flexibility index (Phi) is 2.66. The Labute approximate surface area is 93.5 Å². The Morgan fingerprint density at radius 1 is 1.31 bits per heavy atom. The summed E-state index contributed by atoms with van der Waals surface area (Å²) in [6.45, 7) is 0. The standard InChI is InChI=1S/C13H10O3/c14-12-10-6-3-1-2-4-9-13(15,16)11(12)8-5-7-10/h1-2,8,10,15-16H,5,7H2. The predicted molar refractivity (Wildman–Crippen MR) is 57.7 cm³/mol. The molecule has 0 fully saturated rings. The second-order valence-electron chi connectivity index (χ2n) is 3.68. The number of allylic oxidation sites excluding steroid dienone is 3. The van der Waals surface area contributed by atoms with Crippen LogP contribution >= 0.6 is 0 Å². The molecule has 2 N–H and O–H groups in total. The summed E-state index contributed by atoms with van der Waals surface area (Å²) in [5.74, 6) is 7.03. The van der Waals surface area contributed by atoms with E-state index in [-0.39, 0.29) is 11.4 Å². The maximum absolute atomic E-state index is 11.9.